The van der Waals surface area contributed by atoms with Gasteiger partial charge in [-0.3, -0.25) is 0 Å². The number of nitrogens with two attached hydrogens (primary N) is 1. The first kappa shape index (κ1) is 13.7. The molecule has 0 amide bonds. The highest BCUT2D eigenvalue weighted by Gasteiger charge is 2.28. The van der Waals surface area contributed by atoms with Crippen molar-refractivity contribution in [2.45, 2.75) is 45.6 Å². The fraction of sp³-hybridized carbons (Fsp3) is 0.533. The lowest BCUT2D eigenvalue weighted by atomic mass is 9.76. The highest BCUT2D eigenvalue weighted by Crippen LogP contribution is 2.37. The van der Waals surface area contributed by atoms with Crippen LogP contribution in [0.15, 0.2) is 18.2 Å². The summed E-state index contributed by atoms with van der Waals surface area (Å²) in [7, 11) is 0. The van der Waals surface area contributed by atoms with E-state index in [-0.39, 0.29) is 11.7 Å². The SMILES string of the molecule is CC1(C)CCC(Oc2cc(C(=O)O)ccc2N)CC1. The summed E-state index contributed by atoms with van der Waals surface area (Å²) in [6, 6.07) is 4.59. The number of benzene rings is 1. The smallest absolute Gasteiger partial charge is 0.335 e. The number of carbonyl (C=O) groups is 1. The number of carboxylic acid groups (broad SMARTS) is 1. The van der Waals surface area contributed by atoms with Gasteiger partial charge in [0, 0.05) is 0 Å². The number of nitrogen functional groups attached to an aromatic ring is 1. The third kappa shape index (κ3) is 3.40. The van der Waals surface area contributed by atoms with E-state index in [1.807, 2.05) is 0 Å². The Morgan fingerprint density at radius 1 is 1.37 bits per heavy atom. The molecule has 0 unspecified atom stereocenters. The zero-order chi connectivity index (χ0) is 14.0. The van der Waals surface area contributed by atoms with Crippen LogP contribution in [0.3, 0.4) is 0 Å². The molecule has 1 aromatic rings. The molecule has 0 aliphatic heterocycles. The molecule has 0 atom stereocenters. The summed E-state index contributed by atoms with van der Waals surface area (Å²) in [4.78, 5) is 10.9. The van der Waals surface area contributed by atoms with E-state index in [2.05, 4.69) is 13.8 Å². The van der Waals surface area contributed by atoms with Gasteiger partial charge in [-0.25, -0.2) is 4.79 Å². The fourth-order valence-electron chi connectivity index (χ4n) is 2.44. The first-order valence-corrected chi connectivity index (χ1v) is 6.67. The standard InChI is InChI=1S/C15H21NO3/c1-15(2)7-5-11(6-8-15)19-13-9-10(14(17)18)3-4-12(13)16/h3-4,9,11H,5-8,16H2,1-2H3,(H,17,18). The third-order valence-corrected chi connectivity index (χ3v) is 3.84. The molecule has 4 nitrogen and oxygen atoms in total. The molecular formula is C15H21NO3. The van der Waals surface area contributed by atoms with Crippen molar-refractivity contribution < 1.29 is 14.6 Å². The monoisotopic (exact) mass is 263 g/mol. The molecule has 0 aromatic heterocycles. The Morgan fingerprint density at radius 3 is 2.58 bits per heavy atom. The van der Waals surface area contributed by atoms with E-state index in [0.29, 0.717) is 16.9 Å². The van der Waals surface area contributed by atoms with E-state index in [0.717, 1.165) is 25.7 Å². The molecule has 1 aliphatic rings. The first-order chi connectivity index (χ1) is 8.87. The van der Waals surface area contributed by atoms with E-state index >= 15 is 0 Å². The minimum atomic E-state index is -0.963. The van der Waals surface area contributed by atoms with Gasteiger partial charge in [0.2, 0.25) is 0 Å². The Morgan fingerprint density at radius 2 is 2.00 bits per heavy atom. The van der Waals surface area contributed by atoms with Gasteiger partial charge in [-0.1, -0.05) is 13.8 Å². The summed E-state index contributed by atoms with van der Waals surface area (Å²) in [6.07, 6.45) is 4.36. The van der Waals surface area contributed by atoms with Gasteiger partial charge in [0.05, 0.1) is 17.4 Å². The average molecular weight is 263 g/mol. The number of rotatable bonds is 3. The number of anilines is 1. The second-order valence-electron chi connectivity index (χ2n) is 6.04. The van der Waals surface area contributed by atoms with Gasteiger partial charge in [-0.2, -0.15) is 0 Å². The third-order valence-electron chi connectivity index (χ3n) is 3.84. The predicted molar refractivity (Wildman–Crippen MR) is 74.5 cm³/mol. The van der Waals surface area contributed by atoms with Gasteiger partial charge in [-0.05, 0) is 49.3 Å². The van der Waals surface area contributed by atoms with Gasteiger partial charge in [0.25, 0.3) is 0 Å². The molecule has 2 rings (SSSR count). The summed E-state index contributed by atoms with van der Waals surface area (Å²) >= 11 is 0. The van der Waals surface area contributed by atoms with Crippen LogP contribution in [0.5, 0.6) is 5.75 Å². The fourth-order valence-corrected chi connectivity index (χ4v) is 2.44. The van der Waals surface area contributed by atoms with E-state index in [4.69, 9.17) is 15.6 Å². The van der Waals surface area contributed by atoms with Gasteiger partial charge in [0.1, 0.15) is 5.75 Å². The van der Waals surface area contributed by atoms with Crippen LogP contribution in [0.25, 0.3) is 0 Å². The lowest BCUT2D eigenvalue weighted by molar-refractivity contribution is 0.0694. The Bertz CT molecular complexity index is 472. The van der Waals surface area contributed by atoms with Crippen molar-refractivity contribution in [3.8, 4) is 5.75 Å². The molecule has 0 saturated heterocycles. The number of ether oxygens (including phenoxy) is 1. The molecule has 0 bridgehead atoms. The highest BCUT2D eigenvalue weighted by molar-refractivity contribution is 5.89. The minimum absolute atomic E-state index is 0.138. The molecule has 104 valence electrons. The second kappa shape index (κ2) is 5.11. The maximum Gasteiger partial charge on any atom is 0.335 e. The van der Waals surface area contributed by atoms with Crippen LogP contribution >= 0.6 is 0 Å². The molecular weight excluding hydrogens is 242 g/mol. The second-order valence-corrected chi connectivity index (χ2v) is 6.04. The Kier molecular flexibility index (Phi) is 3.69. The first-order valence-electron chi connectivity index (χ1n) is 6.67. The Hall–Kier alpha value is -1.71. The van der Waals surface area contributed by atoms with Crippen LogP contribution in [0.1, 0.15) is 49.9 Å². The maximum atomic E-state index is 10.9. The van der Waals surface area contributed by atoms with Crippen LogP contribution in [-0.4, -0.2) is 17.2 Å². The summed E-state index contributed by atoms with van der Waals surface area (Å²) in [6.45, 7) is 4.53. The van der Waals surface area contributed by atoms with E-state index < -0.39 is 5.97 Å². The molecule has 1 aromatic carbocycles. The quantitative estimate of drug-likeness (QED) is 0.820. The molecule has 3 N–H and O–H groups in total. The van der Waals surface area contributed by atoms with Crippen molar-refractivity contribution in [3.63, 3.8) is 0 Å². The summed E-state index contributed by atoms with van der Waals surface area (Å²) in [5.74, 6) is -0.473. The van der Waals surface area contributed by atoms with Crippen molar-refractivity contribution in [2.24, 2.45) is 5.41 Å². The van der Waals surface area contributed by atoms with Crippen molar-refractivity contribution in [3.05, 3.63) is 23.8 Å². The van der Waals surface area contributed by atoms with Crippen LogP contribution in [0.2, 0.25) is 0 Å². The van der Waals surface area contributed by atoms with E-state index in [1.54, 1.807) is 6.07 Å². The maximum absolute atomic E-state index is 10.9. The molecule has 1 fully saturated rings. The summed E-state index contributed by atoms with van der Waals surface area (Å²) in [5.41, 5.74) is 6.93. The molecule has 1 aliphatic carbocycles. The van der Waals surface area contributed by atoms with Crippen LogP contribution in [0, 0.1) is 5.41 Å². The lowest BCUT2D eigenvalue weighted by Gasteiger charge is -2.34. The van der Waals surface area contributed by atoms with Crippen LogP contribution < -0.4 is 10.5 Å². The number of carboxylic acids is 1. The van der Waals surface area contributed by atoms with Crippen molar-refractivity contribution in [1.82, 2.24) is 0 Å². The average Bonchev–Trinajstić information content (AvgIpc) is 2.34. The zero-order valence-corrected chi connectivity index (χ0v) is 11.5. The van der Waals surface area contributed by atoms with Gasteiger partial charge in [0.15, 0.2) is 0 Å². The van der Waals surface area contributed by atoms with E-state index in [1.165, 1.54) is 12.1 Å². The van der Waals surface area contributed by atoms with Crippen LogP contribution in [0.4, 0.5) is 5.69 Å². The van der Waals surface area contributed by atoms with Gasteiger partial charge >= 0.3 is 5.97 Å². The molecule has 4 heteroatoms. The van der Waals surface area contributed by atoms with Gasteiger partial charge < -0.3 is 15.6 Å². The van der Waals surface area contributed by atoms with Gasteiger partial charge in [-0.15, -0.1) is 0 Å². The summed E-state index contributed by atoms with van der Waals surface area (Å²) in [5, 5.41) is 8.98. The molecule has 0 spiro atoms. The zero-order valence-electron chi connectivity index (χ0n) is 11.5. The van der Waals surface area contributed by atoms with Crippen molar-refractivity contribution in [2.75, 3.05) is 5.73 Å². The minimum Gasteiger partial charge on any atom is -0.488 e. The summed E-state index contributed by atoms with van der Waals surface area (Å²) < 4.78 is 5.88. The molecule has 1 saturated carbocycles. The van der Waals surface area contributed by atoms with Crippen LogP contribution in [-0.2, 0) is 0 Å². The molecule has 0 heterocycles. The molecule has 0 radical (unpaired) electrons. The Balaban J connectivity index is 2.07. The largest absolute Gasteiger partial charge is 0.488 e. The number of aromatic carboxylic acids is 1. The predicted octanol–water partition coefficient (Wildman–Crippen LogP) is 3.31. The normalized spacial score (nSPS) is 19.1. The molecule has 19 heavy (non-hydrogen) atoms. The van der Waals surface area contributed by atoms with Crippen molar-refractivity contribution in [1.29, 1.82) is 0 Å². The number of hydrogen-bond donors (Lipinski definition) is 2. The highest BCUT2D eigenvalue weighted by atomic mass is 16.5. The van der Waals surface area contributed by atoms with Crippen molar-refractivity contribution >= 4 is 11.7 Å². The van der Waals surface area contributed by atoms with E-state index in [9.17, 15) is 4.79 Å². The number of hydrogen-bond acceptors (Lipinski definition) is 3. The lowest BCUT2D eigenvalue weighted by Crippen LogP contribution is -2.28. The topological polar surface area (TPSA) is 72.5 Å². The Labute approximate surface area is 113 Å².